The van der Waals surface area contributed by atoms with Crippen LogP contribution in [0, 0.1) is 0 Å². The van der Waals surface area contributed by atoms with Crippen molar-refractivity contribution in [1.82, 2.24) is 15.0 Å². The molecule has 0 aliphatic carbocycles. The van der Waals surface area contributed by atoms with Crippen molar-refractivity contribution >= 4 is 18.2 Å². The number of carbonyl (C=O) groups excluding carboxylic acids is 1. The second kappa shape index (κ2) is 10.7. The highest BCUT2D eigenvalue weighted by atomic mass is 16.2. The van der Waals surface area contributed by atoms with E-state index >= 15 is 0 Å². The van der Waals surface area contributed by atoms with E-state index in [1.807, 2.05) is 89.5 Å². The molecule has 3 aromatic carbocycles. The molecule has 1 N–H and O–H groups in total. The average Bonchev–Trinajstić information content (AvgIpc) is 3.28. The van der Waals surface area contributed by atoms with Crippen LogP contribution in [0.4, 0.5) is 0 Å². The molecule has 0 radical (unpaired) electrons. The fraction of sp³-hybridized carbons (Fsp3) is 0.0741. The summed E-state index contributed by atoms with van der Waals surface area (Å²) < 4.78 is 2.02. The van der Waals surface area contributed by atoms with Gasteiger partial charge in [-0.15, -0.1) is 0 Å². The molecule has 1 aromatic heterocycles. The number of hydrazone groups is 1. The van der Waals surface area contributed by atoms with Crippen molar-refractivity contribution in [3.05, 3.63) is 109 Å². The predicted molar refractivity (Wildman–Crippen MR) is 130 cm³/mol. The second-order valence-corrected chi connectivity index (χ2v) is 7.20. The molecule has 0 unspecified atom stereocenters. The highest BCUT2D eigenvalue weighted by molar-refractivity contribution is 5.82. The Labute approximate surface area is 187 Å². The first-order valence-corrected chi connectivity index (χ1v) is 10.5. The topological polar surface area (TPSA) is 59.3 Å². The third-order valence-electron chi connectivity index (χ3n) is 4.95. The van der Waals surface area contributed by atoms with E-state index in [-0.39, 0.29) is 5.91 Å². The van der Waals surface area contributed by atoms with Crippen LogP contribution in [0.1, 0.15) is 12.0 Å². The molecule has 5 heteroatoms. The minimum absolute atomic E-state index is 0.150. The third kappa shape index (κ3) is 5.46. The van der Waals surface area contributed by atoms with Gasteiger partial charge >= 0.3 is 0 Å². The van der Waals surface area contributed by atoms with Crippen molar-refractivity contribution in [2.45, 2.75) is 13.0 Å². The lowest BCUT2D eigenvalue weighted by molar-refractivity contribution is -0.121. The molecule has 1 amide bonds. The van der Waals surface area contributed by atoms with E-state index in [1.54, 1.807) is 18.6 Å². The van der Waals surface area contributed by atoms with Crippen molar-refractivity contribution in [3.8, 4) is 22.5 Å². The Morgan fingerprint density at radius 1 is 0.875 bits per heavy atom. The quantitative estimate of drug-likeness (QED) is 0.305. The van der Waals surface area contributed by atoms with Gasteiger partial charge in [-0.25, -0.2) is 10.4 Å². The van der Waals surface area contributed by atoms with Crippen LogP contribution < -0.4 is 5.43 Å². The summed E-state index contributed by atoms with van der Waals surface area (Å²) in [5.41, 5.74) is 7.67. The summed E-state index contributed by atoms with van der Waals surface area (Å²) in [5.74, 6) is -0.150. The summed E-state index contributed by atoms with van der Waals surface area (Å²) in [6.07, 6.45) is 7.39. The van der Waals surface area contributed by atoms with Crippen LogP contribution in [0.5, 0.6) is 0 Å². The Kier molecular flexibility index (Phi) is 7.01. The molecule has 0 bridgehead atoms. The van der Waals surface area contributed by atoms with Crippen molar-refractivity contribution in [3.63, 3.8) is 0 Å². The smallest absolute Gasteiger partial charge is 0.241 e. The fourth-order valence-corrected chi connectivity index (χ4v) is 3.41. The predicted octanol–water partition coefficient (Wildman–Crippen LogP) is 5.42. The number of carbonyl (C=O) groups is 1. The summed E-state index contributed by atoms with van der Waals surface area (Å²) >= 11 is 0. The summed E-state index contributed by atoms with van der Waals surface area (Å²) in [6.45, 7) is 0.505. The number of benzene rings is 3. The first kappa shape index (κ1) is 21.0. The number of hydrogen-bond donors (Lipinski definition) is 1. The van der Waals surface area contributed by atoms with Gasteiger partial charge in [0.2, 0.25) is 5.91 Å². The zero-order valence-corrected chi connectivity index (χ0v) is 17.6. The van der Waals surface area contributed by atoms with E-state index in [9.17, 15) is 4.79 Å². The minimum Gasteiger partial charge on any atom is -0.330 e. The second-order valence-electron chi connectivity index (χ2n) is 7.20. The van der Waals surface area contributed by atoms with Crippen LogP contribution in [-0.4, -0.2) is 21.7 Å². The molecule has 32 heavy (non-hydrogen) atoms. The number of hydrogen-bond acceptors (Lipinski definition) is 3. The van der Waals surface area contributed by atoms with Crippen LogP contribution in [0.2, 0.25) is 0 Å². The minimum atomic E-state index is -0.150. The zero-order chi connectivity index (χ0) is 22.0. The monoisotopic (exact) mass is 420 g/mol. The maximum Gasteiger partial charge on any atom is 0.241 e. The number of nitrogens with one attached hydrogen (secondary N) is 1. The van der Waals surface area contributed by atoms with Gasteiger partial charge in [0.25, 0.3) is 0 Å². The van der Waals surface area contributed by atoms with E-state index < -0.39 is 0 Å². The number of amides is 1. The Morgan fingerprint density at radius 2 is 1.50 bits per heavy atom. The highest BCUT2D eigenvalue weighted by Gasteiger charge is 2.15. The highest BCUT2D eigenvalue weighted by Crippen LogP contribution is 2.31. The summed E-state index contributed by atoms with van der Waals surface area (Å²) in [5, 5.41) is 4.00. The molecule has 5 nitrogen and oxygen atoms in total. The molecule has 4 aromatic rings. The molecule has 0 spiro atoms. The van der Waals surface area contributed by atoms with E-state index in [0.29, 0.717) is 13.0 Å². The SMILES string of the molecule is O=C(CCn1cnc(-c2ccccc2)c1-c1ccccc1)N/N=C/C=C/c1ccccc1. The molecule has 4 rings (SSSR count). The maximum absolute atomic E-state index is 12.3. The number of nitrogens with zero attached hydrogens (tertiary/aromatic N) is 3. The van der Waals surface area contributed by atoms with Crippen molar-refractivity contribution in [1.29, 1.82) is 0 Å². The molecule has 0 aliphatic heterocycles. The number of aryl methyl sites for hydroxylation is 1. The van der Waals surface area contributed by atoms with Gasteiger partial charge in [-0.05, 0) is 11.6 Å². The van der Waals surface area contributed by atoms with Gasteiger partial charge < -0.3 is 4.57 Å². The first-order chi connectivity index (χ1) is 15.8. The van der Waals surface area contributed by atoms with Crippen LogP contribution in [-0.2, 0) is 11.3 Å². The molecule has 0 saturated carbocycles. The lowest BCUT2D eigenvalue weighted by atomic mass is 10.0. The van der Waals surface area contributed by atoms with E-state index in [4.69, 9.17) is 0 Å². The summed E-state index contributed by atoms with van der Waals surface area (Å²) in [4.78, 5) is 16.9. The van der Waals surface area contributed by atoms with Gasteiger partial charge in [-0.1, -0.05) is 97.1 Å². The Hall–Kier alpha value is -4.25. The van der Waals surface area contributed by atoms with Crippen LogP contribution in [0.25, 0.3) is 28.6 Å². The molecule has 1 heterocycles. The number of rotatable bonds is 8. The third-order valence-corrected chi connectivity index (χ3v) is 4.95. The van der Waals surface area contributed by atoms with Crippen molar-refractivity contribution in [2.75, 3.05) is 0 Å². The van der Waals surface area contributed by atoms with Crippen LogP contribution >= 0.6 is 0 Å². The number of aromatic nitrogens is 2. The van der Waals surface area contributed by atoms with E-state index in [0.717, 1.165) is 28.1 Å². The molecule has 0 atom stereocenters. The molecular formula is C27H24N4O. The molecular weight excluding hydrogens is 396 g/mol. The Bertz CT molecular complexity index is 1200. The largest absolute Gasteiger partial charge is 0.330 e. The fourth-order valence-electron chi connectivity index (χ4n) is 3.41. The number of allylic oxidation sites excluding steroid dienone is 1. The average molecular weight is 421 g/mol. The van der Waals surface area contributed by atoms with Gasteiger partial charge in [0.05, 0.1) is 17.7 Å². The molecule has 0 saturated heterocycles. The van der Waals surface area contributed by atoms with Gasteiger partial charge in [0.1, 0.15) is 0 Å². The molecule has 158 valence electrons. The normalized spacial score (nSPS) is 11.2. The van der Waals surface area contributed by atoms with Crippen molar-refractivity contribution < 1.29 is 4.79 Å². The lowest BCUT2D eigenvalue weighted by Gasteiger charge is -2.10. The summed E-state index contributed by atoms with van der Waals surface area (Å²) in [6, 6.07) is 30.1. The van der Waals surface area contributed by atoms with Crippen molar-refractivity contribution in [2.24, 2.45) is 5.10 Å². The van der Waals surface area contributed by atoms with Gasteiger partial charge in [0, 0.05) is 30.3 Å². The van der Waals surface area contributed by atoms with Crippen LogP contribution in [0.15, 0.2) is 109 Å². The van der Waals surface area contributed by atoms with Crippen LogP contribution in [0.3, 0.4) is 0 Å². The molecule has 0 fully saturated rings. The van der Waals surface area contributed by atoms with E-state index in [2.05, 4.69) is 27.6 Å². The zero-order valence-electron chi connectivity index (χ0n) is 17.6. The van der Waals surface area contributed by atoms with Gasteiger partial charge in [-0.3, -0.25) is 4.79 Å². The molecule has 0 aliphatic rings. The Balaban J connectivity index is 1.42. The Morgan fingerprint density at radius 3 is 2.19 bits per heavy atom. The van der Waals surface area contributed by atoms with Gasteiger partial charge in [0.15, 0.2) is 0 Å². The maximum atomic E-state index is 12.3. The standard InChI is InChI=1S/C27H24N4O/c32-25(30-29-19-10-13-22-11-4-1-5-12-22)18-20-31-21-28-26(23-14-6-2-7-15-23)27(31)24-16-8-3-9-17-24/h1-17,19,21H,18,20H2,(H,30,32)/b13-10+,29-19+. The van der Waals surface area contributed by atoms with Gasteiger partial charge in [-0.2, -0.15) is 5.10 Å². The number of imidazole rings is 1. The van der Waals surface area contributed by atoms with E-state index in [1.165, 1.54) is 0 Å². The lowest BCUT2D eigenvalue weighted by Crippen LogP contribution is -2.19. The summed E-state index contributed by atoms with van der Waals surface area (Å²) in [7, 11) is 0. The first-order valence-electron chi connectivity index (χ1n) is 10.5.